The fourth-order valence-corrected chi connectivity index (χ4v) is 7.38. The van der Waals surface area contributed by atoms with Crippen molar-refractivity contribution in [1.82, 2.24) is 29.4 Å². The van der Waals surface area contributed by atoms with Gasteiger partial charge in [0.2, 0.25) is 0 Å². The minimum absolute atomic E-state index is 0.0384. The van der Waals surface area contributed by atoms with Gasteiger partial charge in [-0.1, -0.05) is 12.8 Å². The summed E-state index contributed by atoms with van der Waals surface area (Å²) in [7, 11) is 11.9. The third kappa shape index (κ3) is 8.05. The van der Waals surface area contributed by atoms with Gasteiger partial charge < -0.3 is 19.6 Å². The molecule has 0 saturated carbocycles. The van der Waals surface area contributed by atoms with Crippen molar-refractivity contribution in [3.05, 3.63) is 0 Å². The lowest BCUT2D eigenvalue weighted by Gasteiger charge is -2.55. The Hall–Kier alpha value is -1.54. The number of piperidine rings is 2. The molecule has 0 aromatic heterocycles. The number of urea groups is 2. The maximum absolute atomic E-state index is 13.3. The molecule has 40 heavy (non-hydrogen) atoms. The van der Waals surface area contributed by atoms with E-state index in [0.717, 1.165) is 64.5 Å². The van der Waals surface area contributed by atoms with Gasteiger partial charge in [-0.15, -0.1) is 0 Å². The van der Waals surface area contributed by atoms with Gasteiger partial charge in [0.15, 0.2) is 0 Å². The molecule has 2 rings (SSSR count). The number of hydrogen-bond acceptors (Lipinski definition) is 4. The SMILES string of the molecule is CN(C)C(=O)N(CCCCCCN(C(=O)N(C)C)C1CC(C)(C)N(C)C(C)(C)C1)C1CC(C)(C)N(C)C(C)(C)C1. The maximum atomic E-state index is 13.3. The van der Waals surface area contributed by atoms with Gasteiger partial charge in [-0.25, -0.2) is 9.59 Å². The molecule has 0 radical (unpaired) electrons. The van der Waals surface area contributed by atoms with Crippen LogP contribution >= 0.6 is 0 Å². The highest BCUT2D eigenvalue weighted by molar-refractivity contribution is 5.74. The van der Waals surface area contributed by atoms with Crippen LogP contribution in [0.3, 0.4) is 0 Å². The highest BCUT2D eigenvalue weighted by atomic mass is 16.2. The molecule has 2 aliphatic heterocycles. The molecule has 0 atom stereocenters. The summed E-state index contributed by atoms with van der Waals surface area (Å²) in [6.45, 7) is 20.0. The van der Waals surface area contributed by atoms with Crippen LogP contribution in [0, 0.1) is 0 Å². The predicted octanol–water partition coefficient (Wildman–Crippen LogP) is 5.82. The molecule has 4 amide bonds. The number of unbranched alkanes of at least 4 members (excludes halogenated alkanes) is 3. The normalized spacial score (nSPS) is 23.1. The lowest BCUT2D eigenvalue weighted by molar-refractivity contribution is -0.0415. The van der Waals surface area contributed by atoms with Gasteiger partial charge in [-0.2, -0.15) is 0 Å². The Morgan fingerprint density at radius 1 is 0.550 bits per heavy atom. The van der Waals surface area contributed by atoms with E-state index in [0.29, 0.717) is 0 Å². The molecule has 2 heterocycles. The van der Waals surface area contributed by atoms with Gasteiger partial charge in [0, 0.05) is 75.5 Å². The zero-order valence-corrected chi connectivity index (χ0v) is 28.7. The number of hydrogen-bond donors (Lipinski definition) is 0. The molecule has 2 saturated heterocycles. The van der Waals surface area contributed by atoms with E-state index in [4.69, 9.17) is 0 Å². The summed E-state index contributed by atoms with van der Waals surface area (Å²) < 4.78 is 0. The number of carbonyl (C=O) groups excluding carboxylic acids is 2. The molecule has 0 aromatic carbocycles. The first kappa shape index (κ1) is 34.7. The minimum atomic E-state index is 0.0384. The molecule has 0 bridgehead atoms. The maximum Gasteiger partial charge on any atom is 0.319 e. The second-order valence-corrected chi connectivity index (χ2v) is 15.6. The summed E-state index contributed by atoms with van der Waals surface area (Å²) in [6, 6.07) is 0.716. The van der Waals surface area contributed by atoms with Crippen molar-refractivity contribution in [2.75, 3.05) is 55.4 Å². The molecule has 0 N–H and O–H groups in total. The highest BCUT2D eigenvalue weighted by Gasteiger charge is 2.47. The molecule has 8 nitrogen and oxygen atoms in total. The van der Waals surface area contributed by atoms with Crippen molar-refractivity contribution in [3.63, 3.8) is 0 Å². The van der Waals surface area contributed by atoms with E-state index >= 15 is 0 Å². The van der Waals surface area contributed by atoms with Gasteiger partial charge >= 0.3 is 12.1 Å². The molecule has 2 aliphatic rings. The van der Waals surface area contributed by atoms with Crippen molar-refractivity contribution in [3.8, 4) is 0 Å². The van der Waals surface area contributed by atoms with E-state index < -0.39 is 0 Å². The predicted molar refractivity (Wildman–Crippen MR) is 168 cm³/mol. The lowest BCUT2D eigenvalue weighted by atomic mass is 9.77. The minimum Gasteiger partial charge on any atom is -0.331 e. The van der Waals surface area contributed by atoms with E-state index in [9.17, 15) is 9.59 Å². The second kappa shape index (κ2) is 12.8. The van der Waals surface area contributed by atoms with E-state index in [2.05, 4.69) is 89.1 Å². The quantitative estimate of drug-likeness (QED) is 0.331. The fourth-order valence-electron chi connectivity index (χ4n) is 7.38. The zero-order valence-electron chi connectivity index (χ0n) is 28.7. The number of likely N-dealkylation sites (tertiary alicyclic amines) is 2. The van der Waals surface area contributed by atoms with E-state index in [1.165, 1.54) is 0 Å². The largest absolute Gasteiger partial charge is 0.331 e. The molecule has 0 aromatic rings. The van der Waals surface area contributed by atoms with Crippen LogP contribution < -0.4 is 0 Å². The average Bonchev–Trinajstić information content (AvgIpc) is 2.81. The number of amides is 4. The van der Waals surface area contributed by atoms with Crippen molar-refractivity contribution >= 4 is 12.1 Å². The van der Waals surface area contributed by atoms with Crippen molar-refractivity contribution in [1.29, 1.82) is 0 Å². The van der Waals surface area contributed by atoms with Crippen LogP contribution in [0.5, 0.6) is 0 Å². The van der Waals surface area contributed by atoms with E-state index in [1.807, 2.05) is 28.2 Å². The highest BCUT2D eigenvalue weighted by Crippen LogP contribution is 2.40. The smallest absolute Gasteiger partial charge is 0.319 e. The third-order valence-corrected chi connectivity index (χ3v) is 10.3. The average molecular weight is 565 g/mol. The summed E-state index contributed by atoms with van der Waals surface area (Å²) in [6.07, 6.45) is 8.03. The molecule has 8 heteroatoms. The zero-order chi connectivity index (χ0) is 30.8. The van der Waals surface area contributed by atoms with Crippen LogP contribution in [-0.2, 0) is 0 Å². The van der Waals surface area contributed by atoms with Gasteiger partial charge in [0.05, 0.1) is 0 Å². The van der Waals surface area contributed by atoms with Crippen LogP contribution in [0.4, 0.5) is 9.59 Å². The van der Waals surface area contributed by atoms with Gasteiger partial charge in [-0.05, 0) is 108 Å². The fraction of sp³-hybridized carbons (Fsp3) is 0.938. The molecule has 0 aliphatic carbocycles. The van der Waals surface area contributed by atoms with Gasteiger partial charge in [0.1, 0.15) is 0 Å². The summed E-state index contributed by atoms with van der Waals surface area (Å²) in [5.74, 6) is 0. The topological polar surface area (TPSA) is 53.6 Å². The summed E-state index contributed by atoms with van der Waals surface area (Å²) in [5, 5.41) is 0. The van der Waals surface area contributed by atoms with E-state index in [-0.39, 0.29) is 46.3 Å². The van der Waals surface area contributed by atoms with Crippen molar-refractivity contribution < 1.29 is 9.59 Å². The molecule has 234 valence electrons. The van der Waals surface area contributed by atoms with Crippen molar-refractivity contribution in [2.24, 2.45) is 0 Å². The Bertz CT molecular complexity index is 759. The number of rotatable bonds is 9. The first-order chi connectivity index (χ1) is 18.1. The molecular formula is C32H64N6O2. The van der Waals surface area contributed by atoms with Crippen LogP contribution in [0.25, 0.3) is 0 Å². The van der Waals surface area contributed by atoms with Crippen LogP contribution in [0.15, 0.2) is 0 Å². The third-order valence-electron chi connectivity index (χ3n) is 10.3. The van der Waals surface area contributed by atoms with E-state index in [1.54, 1.807) is 9.80 Å². The van der Waals surface area contributed by atoms with Gasteiger partial charge in [0.25, 0.3) is 0 Å². The molecule has 0 unspecified atom stereocenters. The standard InChI is InChI=1S/C32H64N6O2/c1-29(2)21-25(22-30(3,4)35(29)13)37(27(39)33(9)10)19-17-15-16-18-20-38(28(40)34(11)12)26-23-31(5,6)36(14)32(7,8)24-26/h25-26H,15-24H2,1-14H3. The summed E-state index contributed by atoms with van der Waals surface area (Å²) in [5.41, 5.74) is 0.154. The first-order valence-corrected chi connectivity index (χ1v) is 15.6. The lowest BCUT2D eigenvalue weighted by Crippen LogP contribution is -2.64. The summed E-state index contributed by atoms with van der Waals surface area (Å²) in [4.78, 5) is 39.3. The Labute approximate surface area is 247 Å². The Balaban J connectivity index is 2.01. The Morgan fingerprint density at radius 3 is 1.02 bits per heavy atom. The van der Waals surface area contributed by atoms with Crippen LogP contribution in [0.2, 0.25) is 0 Å². The monoisotopic (exact) mass is 565 g/mol. The number of nitrogens with zero attached hydrogens (tertiary/aromatic N) is 6. The summed E-state index contributed by atoms with van der Waals surface area (Å²) >= 11 is 0. The van der Waals surface area contributed by atoms with Gasteiger partial charge in [-0.3, -0.25) is 9.80 Å². The van der Waals surface area contributed by atoms with Crippen LogP contribution in [0.1, 0.15) is 107 Å². The molecule has 2 fully saturated rings. The molecular weight excluding hydrogens is 500 g/mol. The Kier molecular flexibility index (Phi) is 11.1. The molecule has 0 spiro atoms. The van der Waals surface area contributed by atoms with Crippen molar-refractivity contribution in [2.45, 2.75) is 141 Å². The second-order valence-electron chi connectivity index (χ2n) is 15.6. The Morgan fingerprint density at radius 2 is 0.800 bits per heavy atom. The number of carbonyl (C=O) groups is 2. The van der Waals surface area contributed by atoms with Crippen LogP contribution in [-0.4, -0.2) is 131 Å². The first-order valence-electron chi connectivity index (χ1n) is 15.6.